The van der Waals surface area contributed by atoms with Gasteiger partial charge < -0.3 is 16.2 Å². The monoisotopic (exact) mass is 422 g/mol. The van der Waals surface area contributed by atoms with Crippen molar-refractivity contribution in [1.82, 2.24) is 9.97 Å². The van der Waals surface area contributed by atoms with E-state index in [4.69, 9.17) is 17.3 Å². The van der Waals surface area contributed by atoms with Crippen LogP contribution >= 0.6 is 11.6 Å². The molecule has 3 aromatic rings. The zero-order chi connectivity index (χ0) is 21.3. The number of fused-ring (bicyclic) bond motifs is 1. The van der Waals surface area contributed by atoms with E-state index < -0.39 is 11.9 Å². The van der Waals surface area contributed by atoms with Crippen molar-refractivity contribution in [3.8, 4) is 11.3 Å². The number of rotatable bonds is 5. The molecule has 7 nitrogen and oxygen atoms in total. The lowest BCUT2D eigenvalue weighted by Crippen LogP contribution is -2.31. The van der Waals surface area contributed by atoms with Crippen molar-refractivity contribution >= 4 is 29.4 Å². The summed E-state index contributed by atoms with van der Waals surface area (Å²) in [4.78, 5) is 32.4. The summed E-state index contributed by atoms with van der Waals surface area (Å²) in [5.41, 5.74) is 8.76. The molecular formula is C22H19ClN4O3. The molecule has 1 aliphatic rings. The van der Waals surface area contributed by atoms with Gasteiger partial charge in [-0.2, -0.15) is 0 Å². The van der Waals surface area contributed by atoms with E-state index in [1.165, 1.54) is 6.07 Å². The maximum atomic E-state index is 12.0. The number of amides is 1. The lowest BCUT2D eigenvalue weighted by molar-refractivity contribution is 0.0691. The number of aromatic carboxylic acids is 1. The number of aryl methyl sites for hydroxylation is 1. The van der Waals surface area contributed by atoms with Gasteiger partial charge in [-0.3, -0.25) is 4.79 Å². The van der Waals surface area contributed by atoms with Crippen LogP contribution in [0.15, 0.2) is 48.7 Å². The number of hydrogen-bond donors (Lipinski definition) is 3. The predicted molar refractivity (Wildman–Crippen MR) is 114 cm³/mol. The molecule has 0 fully saturated rings. The van der Waals surface area contributed by atoms with E-state index in [9.17, 15) is 14.7 Å². The summed E-state index contributed by atoms with van der Waals surface area (Å²) in [6, 6.07) is 12.4. The third kappa shape index (κ3) is 3.97. The second-order valence-electron chi connectivity index (χ2n) is 7.16. The first kappa shape index (κ1) is 19.8. The lowest BCUT2D eigenvalue weighted by Gasteiger charge is -2.27. The predicted octanol–water partition coefficient (Wildman–Crippen LogP) is 3.56. The average molecular weight is 423 g/mol. The molecule has 2 aromatic carbocycles. The normalized spacial score (nSPS) is 15.3. The van der Waals surface area contributed by atoms with Gasteiger partial charge in [0.2, 0.25) is 11.9 Å². The number of carbonyl (C=O) groups is 2. The molecule has 0 bridgehead atoms. The van der Waals surface area contributed by atoms with Gasteiger partial charge in [-0.1, -0.05) is 29.8 Å². The third-order valence-corrected chi connectivity index (χ3v) is 5.44. The molecule has 1 atom stereocenters. The molecule has 1 amide bonds. The quantitative estimate of drug-likeness (QED) is 0.578. The molecule has 152 valence electrons. The fraction of sp³-hybridized carbons (Fsp3) is 0.182. The summed E-state index contributed by atoms with van der Waals surface area (Å²) < 4.78 is 0. The number of nitrogens with one attached hydrogen (secondary N) is 1. The van der Waals surface area contributed by atoms with Gasteiger partial charge in [0.15, 0.2) is 0 Å². The number of nitrogens with zero attached hydrogens (tertiary/aromatic N) is 2. The molecule has 0 radical (unpaired) electrons. The first-order valence-corrected chi connectivity index (χ1v) is 9.83. The first-order chi connectivity index (χ1) is 14.4. The fourth-order valence-corrected chi connectivity index (χ4v) is 4.03. The lowest BCUT2D eigenvalue weighted by atomic mass is 9.83. The molecule has 8 heteroatoms. The Hall–Kier alpha value is -3.45. The van der Waals surface area contributed by atoms with Crippen LogP contribution < -0.4 is 11.1 Å². The summed E-state index contributed by atoms with van der Waals surface area (Å²) in [7, 11) is 0. The van der Waals surface area contributed by atoms with Crippen LogP contribution in [0.3, 0.4) is 0 Å². The molecule has 0 aliphatic heterocycles. The summed E-state index contributed by atoms with van der Waals surface area (Å²) in [6.07, 6.45) is 3.61. The van der Waals surface area contributed by atoms with E-state index in [0.717, 1.165) is 23.2 Å². The zero-order valence-electron chi connectivity index (χ0n) is 15.9. The van der Waals surface area contributed by atoms with Gasteiger partial charge >= 0.3 is 5.97 Å². The van der Waals surface area contributed by atoms with Crippen LogP contribution in [0.1, 0.15) is 38.3 Å². The molecule has 4 rings (SSSR count). The highest BCUT2D eigenvalue weighted by Gasteiger charge is 2.27. The van der Waals surface area contributed by atoms with E-state index >= 15 is 0 Å². The second kappa shape index (κ2) is 8.12. The van der Waals surface area contributed by atoms with Crippen LogP contribution in [-0.2, 0) is 12.8 Å². The summed E-state index contributed by atoms with van der Waals surface area (Å²) >= 11 is 6.07. The molecule has 0 saturated carbocycles. The minimum absolute atomic E-state index is 0.0609. The molecule has 4 N–H and O–H groups in total. The van der Waals surface area contributed by atoms with Crippen molar-refractivity contribution < 1.29 is 14.7 Å². The van der Waals surface area contributed by atoms with Crippen LogP contribution in [0, 0.1) is 0 Å². The molecule has 0 saturated heterocycles. The standard InChI is InChI=1S/C22H19ClN4O3/c23-14-3-1-2-13(10-14)18-8-9-25-22(27-18)26-15-6-4-12-5-7-16(21(29)30)19(20(24)28)17(12)11-15/h1-3,5,7-10,15H,4,6,11H2,(H2,24,28)(H,29,30)(H,25,26,27). The van der Waals surface area contributed by atoms with Gasteiger partial charge in [0.25, 0.3) is 0 Å². The van der Waals surface area contributed by atoms with Crippen molar-refractivity contribution in [1.29, 1.82) is 0 Å². The molecule has 1 heterocycles. The van der Waals surface area contributed by atoms with Gasteiger partial charge in [0.05, 0.1) is 16.8 Å². The minimum atomic E-state index is -1.17. The van der Waals surface area contributed by atoms with Crippen LogP contribution in [0.4, 0.5) is 5.95 Å². The van der Waals surface area contributed by atoms with Crippen LogP contribution in [0.2, 0.25) is 5.02 Å². The number of primary amides is 1. The van der Waals surface area contributed by atoms with Gasteiger partial charge in [0.1, 0.15) is 0 Å². The molecule has 30 heavy (non-hydrogen) atoms. The number of anilines is 1. The van der Waals surface area contributed by atoms with Gasteiger partial charge in [-0.25, -0.2) is 14.8 Å². The number of carboxylic acid groups (broad SMARTS) is 1. The Kier molecular flexibility index (Phi) is 5.37. The maximum absolute atomic E-state index is 12.0. The first-order valence-electron chi connectivity index (χ1n) is 9.45. The highest BCUT2D eigenvalue weighted by Crippen LogP contribution is 2.29. The van der Waals surface area contributed by atoms with E-state index in [0.29, 0.717) is 29.4 Å². The zero-order valence-corrected chi connectivity index (χ0v) is 16.7. The molecule has 1 aliphatic carbocycles. The minimum Gasteiger partial charge on any atom is -0.478 e. The molecule has 0 spiro atoms. The number of nitrogens with two attached hydrogens (primary N) is 1. The highest BCUT2D eigenvalue weighted by atomic mass is 35.5. The van der Waals surface area contributed by atoms with Crippen LogP contribution in [-0.4, -0.2) is 33.0 Å². The Morgan fingerprint density at radius 2 is 2.03 bits per heavy atom. The van der Waals surface area contributed by atoms with Crippen molar-refractivity contribution in [2.24, 2.45) is 5.73 Å². The fourth-order valence-electron chi connectivity index (χ4n) is 3.84. The molecule has 1 aromatic heterocycles. The number of carboxylic acids is 1. The van der Waals surface area contributed by atoms with Gasteiger partial charge in [-0.15, -0.1) is 0 Å². The Morgan fingerprint density at radius 3 is 2.77 bits per heavy atom. The number of aromatic nitrogens is 2. The van der Waals surface area contributed by atoms with Gasteiger partial charge in [0, 0.05) is 22.8 Å². The maximum Gasteiger partial charge on any atom is 0.336 e. The Labute approximate surface area is 177 Å². The largest absolute Gasteiger partial charge is 0.478 e. The SMILES string of the molecule is NC(=O)c1c(C(=O)O)ccc2c1CC(Nc1nccc(-c3cccc(Cl)c3)n1)CC2. The van der Waals surface area contributed by atoms with Crippen LogP contribution in [0.5, 0.6) is 0 Å². The number of carbonyl (C=O) groups excluding carboxylic acids is 1. The van der Waals surface area contributed by atoms with E-state index in [2.05, 4.69) is 15.3 Å². The number of halogens is 1. The van der Waals surface area contributed by atoms with Crippen LogP contribution in [0.25, 0.3) is 11.3 Å². The Morgan fingerprint density at radius 1 is 1.20 bits per heavy atom. The molecule has 1 unspecified atom stereocenters. The third-order valence-electron chi connectivity index (χ3n) is 5.21. The second-order valence-corrected chi connectivity index (χ2v) is 7.59. The average Bonchev–Trinajstić information content (AvgIpc) is 2.72. The number of hydrogen-bond acceptors (Lipinski definition) is 5. The summed E-state index contributed by atoms with van der Waals surface area (Å²) in [5.74, 6) is -1.45. The molecular weight excluding hydrogens is 404 g/mol. The van der Waals surface area contributed by atoms with Gasteiger partial charge in [-0.05, 0) is 54.7 Å². The van der Waals surface area contributed by atoms with E-state index in [-0.39, 0.29) is 17.2 Å². The topological polar surface area (TPSA) is 118 Å². The van der Waals surface area contributed by atoms with Crippen molar-refractivity contribution in [2.75, 3.05) is 5.32 Å². The summed E-state index contributed by atoms with van der Waals surface area (Å²) in [5, 5.41) is 13.4. The Balaban J connectivity index is 1.60. The van der Waals surface area contributed by atoms with E-state index in [1.807, 2.05) is 18.2 Å². The smallest absolute Gasteiger partial charge is 0.336 e. The number of benzene rings is 2. The van der Waals surface area contributed by atoms with Crippen molar-refractivity contribution in [3.05, 3.63) is 75.9 Å². The van der Waals surface area contributed by atoms with Crippen molar-refractivity contribution in [2.45, 2.75) is 25.3 Å². The van der Waals surface area contributed by atoms with Crippen molar-refractivity contribution in [3.63, 3.8) is 0 Å². The Bertz CT molecular complexity index is 1150. The highest BCUT2D eigenvalue weighted by molar-refractivity contribution is 6.30. The van der Waals surface area contributed by atoms with E-state index in [1.54, 1.807) is 24.4 Å². The summed E-state index contributed by atoms with van der Waals surface area (Å²) in [6.45, 7) is 0.